The Kier molecular flexibility index (Phi) is 4.11. The van der Waals surface area contributed by atoms with Crippen LogP contribution >= 0.6 is 12.2 Å². The molecule has 0 bridgehead atoms. The lowest BCUT2D eigenvalue weighted by Crippen LogP contribution is -2.14. The molecule has 110 valence electrons. The van der Waals surface area contributed by atoms with Crippen molar-refractivity contribution in [2.45, 2.75) is 6.54 Å². The molecule has 0 aliphatic heterocycles. The van der Waals surface area contributed by atoms with Gasteiger partial charge in [-0.1, -0.05) is 48.5 Å². The summed E-state index contributed by atoms with van der Waals surface area (Å²) in [4.78, 5) is 14.6. The first-order chi connectivity index (χ1) is 10.7. The molecule has 0 radical (unpaired) electrons. The van der Waals surface area contributed by atoms with Gasteiger partial charge in [0, 0.05) is 17.8 Å². The SMILES string of the molecule is O=c1[nH]c(=S)[nH]nc1-c1ccccc1NCc1ccccc1. The monoisotopic (exact) mass is 310 g/mol. The maximum Gasteiger partial charge on any atom is 0.278 e. The van der Waals surface area contributed by atoms with Crippen molar-refractivity contribution in [3.05, 3.63) is 75.3 Å². The van der Waals surface area contributed by atoms with Gasteiger partial charge in [0.25, 0.3) is 5.56 Å². The second kappa shape index (κ2) is 6.36. The topological polar surface area (TPSA) is 73.6 Å². The number of para-hydroxylation sites is 1. The second-order valence-corrected chi connectivity index (χ2v) is 5.15. The van der Waals surface area contributed by atoms with Crippen LogP contribution in [0.3, 0.4) is 0 Å². The Balaban J connectivity index is 1.93. The number of nitrogens with zero attached hydrogens (tertiary/aromatic N) is 1. The van der Waals surface area contributed by atoms with E-state index >= 15 is 0 Å². The van der Waals surface area contributed by atoms with Gasteiger partial charge in [-0.3, -0.25) is 14.9 Å². The highest BCUT2D eigenvalue weighted by molar-refractivity contribution is 7.71. The molecule has 0 fully saturated rings. The Morgan fingerprint density at radius 1 is 1.05 bits per heavy atom. The fourth-order valence-electron chi connectivity index (χ4n) is 2.17. The van der Waals surface area contributed by atoms with E-state index in [-0.39, 0.29) is 10.3 Å². The van der Waals surface area contributed by atoms with Crippen LogP contribution in [-0.2, 0) is 6.54 Å². The number of hydrogen-bond donors (Lipinski definition) is 3. The molecule has 0 saturated heterocycles. The summed E-state index contributed by atoms with van der Waals surface area (Å²) in [6.45, 7) is 0.665. The van der Waals surface area contributed by atoms with E-state index in [0.29, 0.717) is 12.2 Å². The lowest BCUT2D eigenvalue weighted by atomic mass is 10.1. The number of aromatic amines is 2. The van der Waals surface area contributed by atoms with Gasteiger partial charge < -0.3 is 5.32 Å². The van der Waals surface area contributed by atoms with Gasteiger partial charge >= 0.3 is 0 Å². The minimum Gasteiger partial charge on any atom is -0.380 e. The van der Waals surface area contributed by atoms with Crippen LogP contribution in [0.4, 0.5) is 5.69 Å². The fourth-order valence-corrected chi connectivity index (χ4v) is 2.31. The Morgan fingerprint density at radius 3 is 2.55 bits per heavy atom. The minimum absolute atomic E-state index is 0.212. The van der Waals surface area contributed by atoms with E-state index in [4.69, 9.17) is 12.2 Å². The number of aromatic nitrogens is 3. The summed E-state index contributed by atoms with van der Waals surface area (Å²) in [6.07, 6.45) is 0. The van der Waals surface area contributed by atoms with Crippen LogP contribution in [0.25, 0.3) is 11.3 Å². The summed E-state index contributed by atoms with van der Waals surface area (Å²) in [5.74, 6) is 0. The fraction of sp³-hybridized carbons (Fsp3) is 0.0625. The molecule has 2 aromatic carbocycles. The average Bonchev–Trinajstić information content (AvgIpc) is 2.54. The normalized spacial score (nSPS) is 10.4. The van der Waals surface area contributed by atoms with Gasteiger partial charge in [-0.25, -0.2) is 0 Å². The average molecular weight is 310 g/mol. The molecule has 0 atom stereocenters. The Hall–Kier alpha value is -2.73. The molecule has 1 heterocycles. The standard InChI is InChI=1S/C16H14N4OS/c21-15-14(19-20-16(22)18-15)12-8-4-5-9-13(12)17-10-11-6-2-1-3-7-11/h1-9,17H,10H2,(H2,18,20,21,22). The number of rotatable bonds is 4. The van der Waals surface area contributed by atoms with Crippen LogP contribution in [0, 0.1) is 4.77 Å². The summed E-state index contributed by atoms with van der Waals surface area (Å²) >= 11 is 4.87. The highest BCUT2D eigenvalue weighted by Crippen LogP contribution is 2.23. The van der Waals surface area contributed by atoms with Crippen molar-refractivity contribution in [2.24, 2.45) is 0 Å². The lowest BCUT2D eigenvalue weighted by Gasteiger charge is -2.11. The Bertz CT molecular complexity index is 886. The summed E-state index contributed by atoms with van der Waals surface area (Å²) in [5.41, 5.74) is 2.73. The maximum atomic E-state index is 12.0. The Morgan fingerprint density at radius 2 is 1.77 bits per heavy atom. The molecule has 0 saturated carbocycles. The van der Waals surface area contributed by atoms with Crippen molar-refractivity contribution < 1.29 is 0 Å². The van der Waals surface area contributed by atoms with E-state index in [9.17, 15) is 4.79 Å². The highest BCUT2D eigenvalue weighted by atomic mass is 32.1. The van der Waals surface area contributed by atoms with Gasteiger partial charge in [0.1, 0.15) is 0 Å². The van der Waals surface area contributed by atoms with E-state index in [1.165, 1.54) is 0 Å². The van der Waals surface area contributed by atoms with Crippen LogP contribution in [0.15, 0.2) is 59.4 Å². The predicted octanol–water partition coefficient (Wildman–Crippen LogP) is 3.11. The third kappa shape index (κ3) is 3.12. The molecule has 5 nitrogen and oxygen atoms in total. The predicted molar refractivity (Wildman–Crippen MR) is 89.2 cm³/mol. The zero-order valence-electron chi connectivity index (χ0n) is 11.7. The highest BCUT2D eigenvalue weighted by Gasteiger charge is 2.10. The van der Waals surface area contributed by atoms with E-state index in [2.05, 4.69) is 20.5 Å². The number of benzene rings is 2. The van der Waals surface area contributed by atoms with Gasteiger partial charge in [0.2, 0.25) is 0 Å². The molecule has 3 aromatic rings. The molecule has 0 amide bonds. The quantitative estimate of drug-likeness (QED) is 0.647. The molecular formula is C16H14N4OS. The lowest BCUT2D eigenvalue weighted by molar-refractivity contribution is 0.931. The largest absolute Gasteiger partial charge is 0.380 e. The van der Waals surface area contributed by atoms with Crippen LogP contribution < -0.4 is 10.9 Å². The van der Waals surface area contributed by atoms with Crippen LogP contribution in [0.5, 0.6) is 0 Å². The Labute approximate surface area is 132 Å². The number of anilines is 1. The van der Waals surface area contributed by atoms with Crippen molar-refractivity contribution in [2.75, 3.05) is 5.32 Å². The zero-order valence-corrected chi connectivity index (χ0v) is 12.5. The van der Waals surface area contributed by atoms with E-state index in [0.717, 1.165) is 16.8 Å². The summed E-state index contributed by atoms with van der Waals surface area (Å²) in [6, 6.07) is 17.6. The smallest absolute Gasteiger partial charge is 0.278 e. The van der Waals surface area contributed by atoms with Crippen molar-refractivity contribution in [3.8, 4) is 11.3 Å². The van der Waals surface area contributed by atoms with Crippen molar-refractivity contribution >= 4 is 17.9 Å². The van der Waals surface area contributed by atoms with Crippen LogP contribution in [-0.4, -0.2) is 15.2 Å². The third-order valence-corrected chi connectivity index (χ3v) is 3.41. The molecule has 22 heavy (non-hydrogen) atoms. The van der Waals surface area contributed by atoms with E-state index in [1.54, 1.807) is 0 Å². The molecule has 3 N–H and O–H groups in total. The molecule has 3 rings (SSSR count). The molecule has 0 aliphatic carbocycles. The molecule has 0 spiro atoms. The molecule has 6 heteroatoms. The molecule has 0 aliphatic rings. The number of hydrogen-bond acceptors (Lipinski definition) is 4. The first-order valence-corrected chi connectivity index (χ1v) is 7.21. The van der Waals surface area contributed by atoms with Gasteiger partial charge in [-0.2, -0.15) is 5.10 Å². The van der Waals surface area contributed by atoms with E-state index in [1.807, 2.05) is 54.6 Å². The van der Waals surface area contributed by atoms with Crippen molar-refractivity contribution in [1.82, 2.24) is 15.2 Å². The molecule has 1 aromatic heterocycles. The molecule has 0 unspecified atom stereocenters. The van der Waals surface area contributed by atoms with Gasteiger partial charge in [-0.05, 0) is 23.8 Å². The van der Waals surface area contributed by atoms with Gasteiger partial charge in [-0.15, -0.1) is 0 Å². The van der Waals surface area contributed by atoms with E-state index < -0.39 is 0 Å². The van der Waals surface area contributed by atoms with Crippen LogP contribution in [0.2, 0.25) is 0 Å². The minimum atomic E-state index is -0.308. The zero-order chi connectivity index (χ0) is 15.4. The van der Waals surface area contributed by atoms with Gasteiger partial charge in [0.05, 0.1) is 0 Å². The second-order valence-electron chi connectivity index (χ2n) is 4.74. The van der Waals surface area contributed by atoms with Crippen molar-refractivity contribution in [3.63, 3.8) is 0 Å². The summed E-state index contributed by atoms with van der Waals surface area (Å²) < 4.78 is 0.212. The number of H-pyrrole nitrogens is 2. The van der Waals surface area contributed by atoms with Crippen molar-refractivity contribution in [1.29, 1.82) is 0 Å². The number of nitrogens with one attached hydrogen (secondary N) is 3. The summed E-state index contributed by atoms with van der Waals surface area (Å²) in [7, 11) is 0. The summed E-state index contributed by atoms with van der Waals surface area (Å²) in [5, 5.41) is 10.0. The molecular weight excluding hydrogens is 296 g/mol. The third-order valence-electron chi connectivity index (χ3n) is 3.22. The first-order valence-electron chi connectivity index (χ1n) is 6.80. The van der Waals surface area contributed by atoms with Gasteiger partial charge in [0.15, 0.2) is 10.5 Å². The van der Waals surface area contributed by atoms with Crippen LogP contribution in [0.1, 0.15) is 5.56 Å². The first kappa shape index (κ1) is 14.2. The maximum absolute atomic E-state index is 12.0.